The molecule has 0 unspecified atom stereocenters. The van der Waals surface area contributed by atoms with E-state index in [2.05, 4.69) is 21.2 Å². The van der Waals surface area contributed by atoms with E-state index in [4.69, 9.17) is 28.9 Å². The lowest BCUT2D eigenvalue weighted by atomic mass is 10.2. The third-order valence-electron chi connectivity index (χ3n) is 2.59. The maximum atomic E-state index is 13.7. The smallest absolute Gasteiger partial charge is 0.255 e. The van der Waals surface area contributed by atoms with E-state index in [-0.39, 0.29) is 31.5 Å². The van der Waals surface area contributed by atoms with Crippen LogP contribution in [0.25, 0.3) is 0 Å². The molecule has 0 radical (unpaired) electrons. The minimum Gasteiger partial charge on any atom is -0.396 e. The van der Waals surface area contributed by atoms with Gasteiger partial charge in [0.05, 0.1) is 21.4 Å². The Balaban J connectivity index is 2.35. The minimum atomic E-state index is -0.914. The van der Waals surface area contributed by atoms with Crippen molar-refractivity contribution in [1.82, 2.24) is 0 Å². The summed E-state index contributed by atoms with van der Waals surface area (Å²) in [5.74, 6) is -2.34. The number of nitrogens with two attached hydrogens (primary N) is 1. The van der Waals surface area contributed by atoms with Crippen LogP contribution in [0.5, 0.6) is 0 Å². The molecule has 3 nitrogen and oxygen atoms in total. The molecule has 0 atom stereocenters. The molecule has 21 heavy (non-hydrogen) atoms. The second-order valence-corrected chi connectivity index (χ2v) is 5.72. The lowest BCUT2D eigenvalue weighted by molar-refractivity contribution is 0.102. The number of anilines is 2. The van der Waals surface area contributed by atoms with Gasteiger partial charge in [-0.2, -0.15) is 0 Å². The number of nitrogens with one attached hydrogen (secondary N) is 1. The fourth-order valence-electron chi connectivity index (χ4n) is 1.56. The minimum absolute atomic E-state index is 0.0704. The van der Waals surface area contributed by atoms with E-state index < -0.39 is 17.5 Å². The molecule has 0 aliphatic rings. The van der Waals surface area contributed by atoms with Gasteiger partial charge in [-0.25, -0.2) is 8.78 Å². The summed E-state index contributed by atoms with van der Waals surface area (Å²) < 4.78 is 26.7. The number of halogens is 5. The molecule has 0 spiro atoms. The largest absolute Gasteiger partial charge is 0.396 e. The molecule has 0 aliphatic heterocycles. The number of amides is 1. The van der Waals surface area contributed by atoms with Crippen LogP contribution in [0.4, 0.5) is 20.2 Å². The first-order valence-corrected chi connectivity index (χ1v) is 7.05. The highest BCUT2D eigenvalue weighted by Crippen LogP contribution is 2.31. The molecular weight excluding hydrogens is 389 g/mol. The Hall–Kier alpha value is -1.37. The van der Waals surface area contributed by atoms with Gasteiger partial charge >= 0.3 is 0 Å². The van der Waals surface area contributed by atoms with E-state index in [1.807, 2.05) is 0 Å². The number of hydrogen-bond donors (Lipinski definition) is 2. The highest BCUT2D eigenvalue weighted by atomic mass is 79.9. The fourth-order valence-corrected chi connectivity index (χ4v) is 2.56. The van der Waals surface area contributed by atoms with Crippen molar-refractivity contribution in [2.45, 2.75) is 0 Å². The van der Waals surface area contributed by atoms with Crippen LogP contribution < -0.4 is 11.1 Å². The number of benzene rings is 2. The van der Waals surface area contributed by atoms with Gasteiger partial charge in [0.2, 0.25) is 0 Å². The molecule has 0 heterocycles. The molecule has 0 saturated heterocycles. The Labute approximate surface area is 137 Å². The molecule has 0 aliphatic carbocycles. The molecule has 2 aromatic rings. The van der Waals surface area contributed by atoms with Gasteiger partial charge in [0, 0.05) is 16.1 Å². The standard InChI is InChI=1S/C13H7BrCl2F2N2O/c14-7-3-6(17)4-10(18)12(7)20-13(21)5-1-8(15)11(19)9(16)2-5/h1-4H,19H2,(H,20,21). The van der Waals surface area contributed by atoms with Gasteiger partial charge in [0.15, 0.2) is 5.82 Å². The van der Waals surface area contributed by atoms with Crippen molar-refractivity contribution < 1.29 is 13.6 Å². The van der Waals surface area contributed by atoms with E-state index in [0.717, 1.165) is 6.07 Å². The molecular formula is C13H7BrCl2F2N2O. The maximum absolute atomic E-state index is 13.7. The summed E-state index contributed by atoms with van der Waals surface area (Å²) in [5, 5.41) is 2.52. The predicted octanol–water partition coefficient (Wildman–Crippen LogP) is 4.87. The number of carbonyl (C=O) groups is 1. The highest BCUT2D eigenvalue weighted by Gasteiger charge is 2.16. The van der Waals surface area contributed by atoms with Crippen molar-refractivity contribution in [3.8, 4) is 0 Å². The zero-order chi connectivity index (χ0) is 15.7. The maximum Gasteiger partial charge on any atom is 0.255 e. The highest BCUT2D eigenvalue weighted by molar-refractivity contribution is 9.10. The van der Waals surface area contributed by atoms with Crippen molar-refractivity contribution in [2.24, 2.45) is 0 Å². The number of hydrogen-bond acceptors (Lipinski definition) is 2. The quantitative estimate of drug-likeness (QED) is 0.712. The van der Waals surface area contributed by atoms with Crippen LogP contribution in [-0.2, 0) is 0 Å². The first kappa shape index (κ1) is 16.0. The van der Waals surface area contributed by atoms with Gasteiger partial charge in [-0.05, 0) is 34.1 Å². The molecule has 3 N–H and O–H groups in total. The Kier molecular flexibility index (Phi) is 4.70. The second kappa shape index (κ2) is 6.17. The Morgan fingerprint density at radius 3 is 2.24 bits per heavy atom. The molecule has 0 bridgehead atoms. The van der Waals surface area contributed by atoms with E-state index in [9.17, 15) is 13.6 Å². The van der Waals surface area contributed by atoms with Gasteiger partial charge in [-0.1, -0.05) is 23.2 Å². The molecule has 0 fully saturated rings. The lowest BCUT2D eigenvalue weighted by Gasteiger charge is -2.10. The van der Waals surface area contributed by atoms with Crippen LogP contribution in [-0.4, -0.2) is 5.91 Å². The number of rotatable bonds is 2. The molecule has 1 amide bonds. The van der Waals surface area contributed by atoms with Gasteiger partial charge in [-0.15, -0.1) is 0 Å². The van der Waals surface area contributed by atoms with Crippen LogP contribution in [0.1, 0.15) is 10.4 Å². The van der Waals surface area contributed by atoms with Crippen LogP contribution in [0.2, 0.25) is 10.0 Å². The number of nitrogen functional groups attached to an aromatic ring is 1. The zero-order valence-electron chi connectivity index (χ0n) is 10.2. The summed E-state index contributed by atoms with van der Waals surface area (Å²) in [7, 11) is 0. The molecule has 2 aromatic carbocycles. The molecule has 2 rings (SSSR count). The number of carbonyl (C=O) groups excluding carboxylic acids is 1. The first-order valence-electron chi connectivity index (χ1n) is 5.50. The summed E-state index contributed by atoms with van der Waals surface area (Å²) >= 11 is 14.6. The van der Waals surface area contributed by atoms with Crippen molar-refractivity contribution in [3.63, 3.8) is 0 Å². The molecule has 0 aromatic heterocycles. The van der Waals surface area contributed by atoms with Crippen LogP contribution in [0, 0.1) is 11.6 Å². The average molecular weight is 396 g/mol. The average Bonchev–Trinajstić information content (AvgIpc) is 2.39. The van der Waals surface area contributed by atoms with Gasteiger partial charge in [0.1, 0.15) is 5.82 Å². The van der Waals surface area contributed by atoms with E-state index in [1.54, 1.807) is 0 Å². The van der Waals surface area contributed by atoms with Gasteiger partial charge < -0.3 is 11.1 Å². The summed E-state index contributed by atoms with van der Waals surface area (Å²) in [6, 6.07) is 4.28. The van der Waals surface area contributed by atoms with Crippen molar-refractivity contribution in [2.75, 3.05) is 11.1 Å². The topological polar surface area (TPSA) is 55.1 Å². The van der Waals surface area contributed by atoms with Crippen molar-refractivity contribution in [3.05, 3.63) is 56.0 Å². The van der Waals surface area contributed by atoms with E-state index in [1.165, 1.54) is 12.1 Å². The predicted molar refractivity (Wildman–Crippen MR) is 82.9 cm³/mol. The Morgan fingerprint density at radius 1 is 1.14 bits per heavy atom. The molecule has 110 valence electrons. The third-order valence-corrected chi connectivity index (χ3v) is 3.84. The Morgan fingerprint density at radius 2 is 1.71 bits per heavy atom. The summed E-state index contributed by atoms with van der Waals surface area (Å²) in [5.41, 5.74) is 5.61. The van der Waals surface area contributed by atoms with Crippen LogP contribution in [0.15, 0.2) is 28.7 Å². The zero-order valence-corrected chi connectivity index (χ0v) is 13.3. The molecule has 0 saturated carbocycles. The second-order valence-electron chi connectivity index (χ2n) is 4.05. The Bertz CT molecular complexity index is 694. The van der Waals surface area contributed by atoms with E-state index in [0.29, 0.717) is 6.07 Å². The van der Waals surface area contributed by atoms with Crippen molar-refractivity contribution >= 4 is 56.4 Å². The summed E-state index contributed by atoms with van der Waals surface area (Å²) in [4.78, 5) is 12.1. The van der Waals surface area contributed by atoms with Gasteiger partial charge in [-0.3, -0.25) is 4.79 Å². The third kappa shape index (κ3) is 3.45. The summed E-state index contributed by atoms with van der Waals surface area (Å²) in [6.45, 7) is 0. The normalized spacial score (nSPS) is 10.5. The SMILES string of the molecule is Nc1c(Cl)cc(C(=O)Nc2c(F)cc(F)cc2Br)cc1Cl. The molecule has 8 heteroatoms. The summed E-state index contributed by atoms with van der Waals surface area (Å²) in [6.07, 6.45) is 0. The van der Waals surface area contributed by atoms with Crippen LogP contribution >= 0.6 is 39.1 Å². The van der Waals surface area contributed by atoms with E-state index >= 15 is 0 Å². The van der Waals surface area contributed by atoms with Gasteiger partial charge in [0.25, 0.3) is 5.91 Å². The fraction of sp³-hybridized carbons (Fsp3) is 0. The van der Waals surface area contributed by atoms with Crippen molar-refractivity contribution in [1.29, 1.82) is 0 Å². The monoisotopic (exact) mass is 394 g/mol. The van der Waals surface area contributed by atoms with Crippen LogP contribution in [0.3, 0.4) is 0 Å². The first-order chi connectivity index (χ1) is 9.79. The lowest BCUT2D eigenvalue weighted by Crippen LogP contribution is -2.14.